The molecule has 0 saturated carbocycles. The zero-order valence-corrected chi connectivity index (χ0v) is 7.94. The van der Waals surface area contributed by atoms with Crippen molar-refractivity contribution in [2.24, 2.45) is 0 Å². The summed E-state index contributed by atoms with van der Waals surface area (Å²) in [5.74, 6) is 0. The zero-order chi connectivity index (χ0) is 8.65. The molecule has 0 radical (unpaired) electrons. The molecule has 0 aliphatic carbocycles. The molecule has 0 amide bonds. The summed E-state index contributed by atoms with van der Waals surface area (Å²) in [6.07, 6.45) is 2.94. The van der Waals surface area contributed by atoms with Gasteiger partial charge in [-0.1, -0.05) is 6.92 Å². The maximum Gasteiger partial charge on any atom is 0.0700 e. The van der Waals surface area contributed by atoms with Crippen LogP contribution < -0.4 is 10.6 Å². The van der Waals surface area contributed by atoms with Crippen molar-refractivity contribution in [2.45, 2.75) is 25.9 Å². The van der Waals surface area contributed by atoms with Gasteiger partial charge in [-0.3, -0.25) is 0 Å². The van der Waals surface area contributed by atoms with Gasteiger partial charge >= 0.3 is 0 Å². The molecule has 3 heteroatoms. The van der Waals surface area contributed by atoms with Gasteiger partial charge in [-0.25, -0.2) is 0 Å². The van der Waals surface area contributed by atoms with E-state index in [1.165, 1.54) is 12.8 Å². The van der Waals surface area contributed by atoms with E-state index in [9.17, 15) is 0 Å². The zero-order valence-electron chi connectivity index (χ0n) is 7.94. The van der Waals surface area contributed by atoms with Gasteiger partial charge in [-0.15, -0.1) is 0 Å². The molecule has 0 aromatic carbocycles. The highest BCUT2D eigenvalue weighted by atomic mass is 16.5. The molecule has 2 N–H and O–H groups in total. The molecule has 1 aliphatic heterocycles. The lowest BCUT2D eigenvalue weighted by Gasteiger charge is -2.10. The Labute approximate surface area is 74.9 Å². The van der Waals surface area contributed by atoms with E-state index in [-0.39, 0.29) is 0 Å². The van der Waals surface area contributed by atoms with Crippen molar-refractivity contribution in [3.05, 3.63) is 0 Å². The Hall–Kier alpha value is -0.120. The average molecular weight is 172 g/mol. The average Bonchev–Trinajstić information content (AvgIpc) is 2.57. The molecule has 1 rings (SSSR count). The highest BCUT2D eigenvalue weighted by Crippen LogP contribution is 2.10. The first-order chi connectivity index (χ1) is 5.93. The molecule has 0 aromatic heterocycles. The lowest BCUT2D eigenvalue weighted by molar-refractivity contribution is 0.110. The van der Waals surface area contributed by atoms with Crippen LogP contribution in [-0.2, 0) is 4.74 Å². The van der Waals surface area contributed by atoms with E-state index in [0.717, 1.165) is 32.8 Å². The maximum absolute atomic E-state index is 5.48. The fraction of sp³-hybridized carbons (Fsp3) is 1.00. The second-order valence-electron chi connectivity index (χ2n) is 3.19. The Bertz CT molecular complexity index is 103. The van der Waals surface area contributed by atoms with Crippen molar-refractivity contribution in [1.29, 1.82) is 0 Å². The number of hydrogen-bond donors (Lipinski definition) is 2. The molecule has 12 heavy (non-hydrogen) atoms. The molecule has 1 saturated heterocycles. The molecular formula is C9H20N2O. The van der Waals surface area contributed by atoms with Crippen LogP contribution in [0, 0.1) is 0 Å². The second kappa shape index (κ2) is 6.40. The summed E-state index contributed by atoms with van der Waals surface area (Å²) in [6, 6.07) is 0. The minimum absolute atomic E-state index is 0.478. The lowest BCUT2D eigenvalue weighted by atomic mass is 10.2. The van der Waals surface area contributed by atoms with Crippen molar-refractivity contribution < 1.29 is 4.74 Å². The van der Waals surface area contributed by atoms with Crippen LogP contribution in [-0.4, -0.2) is 38.9 Å². The maximum atomic E-state index is 5.48. The van der Waals surface area contributed by atoms with E-state index >= 15 is 0 Å². The summed E-state index contributed by atoms with van der Waals surface area (Å²) < 4.78 is 5.48. The lowest BCUT2D eigenvalue weighted by Crippen LogP contribution is -2.32. The van der Waals surface area contributed by atoms with E-state index < -0.39 is 0 Å². The third-order valence-electron chi connectivity index (χ3n) is 2.12. The number of likely N-dealkylation sites (N-methyl/N-ethyl adjacent to an activating group) is 1. The van der Waals surface area contributed by atoms with E-state index in [1.807, 2.05) is 0 Å². The first-order valence-corrected chi connectivity index (χ1v) is 4.96. The number of rotatable bonds is 6. The predicted molar refractivity (Wildman–Crippen MR) is 50.4 cm³/mol. The van der Waals surface area contributed by atoms with Gasteiger partial charge in [0.2, 0.25) is 0 Å². The van der Waals surface area contributed by atoms with Crippen LogP contribution in [0.4, 0.5) is 0 Å². The molecule has 1 heterocycles. The molecule has 3 nitrogen and oxygen atoms in total. The van der Waals surface area contributed by atoms with E-state index in [0.29, 0.717) is 6.10 Å². The van der Waals surface area contributed by atoms with Crippen LogP contribution in [0.1, 0.15) is 19.8 Å². The minimum atomic E-state index is 0.478. The Morgan fingerprint density at radius 3 is 2.83 bits per heavy atom. The van der Waals surface area contributed by atoms with Crippen molar-refractivity contribution in [2.75, 3.05) is 32.8 Å². The quantitative estimate of drug-likeness (QED) is 0.568. The standard InChI is InChI=1S/C9H20N2O/c1-2-10-5-6-11-8-9-4-3-7-12-9/h9-11H,2-8H2,1H3. The van der Waals surface area contributed by atoms with Gasteiger partial charge < -0.3 is 15.4 Å². The first kappa shape index (κ1) is 9.96. The van der Waals surface area contributed by atoms with E-state index in [1.54, 1.807) is 0 Å². The molecule has 1 atom stereocenters. The van der Waals surface area contributed by atoms with Gasteiger partial charge in [0.25, 0.3) is 0 Å². The normalized spacial score (nSPS) is 23.2. The van der Waals surface area contributed by atoms with Gasteiger partial charge in [0.1, 0.15) is 0 Å². The predicted octanol–water partition coefficient (Wildman–Crippen LogP) is 0.365. The van der Waals surface area contributed by atoms with Crippen molar-refractivity contribution in [3.63, 3.8) is 0 Å². The number of nitrogens with one attached hydrogen (secondary N) is 2. The molecule has 72 valence electrons. The van der Waals surface area contributed by atoms with Crippen molar-refractivity contribution in [3.8, 4) is 0 Å². The minimum Gasteiger partial charge on any atom is -0.377 e. The fourth-order valence-corrected chi connectivity index (χ4v) is 1.42. The molecule has 1 aliphatic rings. The van der Waals surface area contributed by atoms with Crippen LogP contribution in [0.3, 0.4) is 0 Å². The highest BCUT2D eigenvalue weighted by molar-refractivity contribution is 4.67. The van der Waals surface area contributed by atoms with Crippen LogP contribution in [0.25, 0.3) is 0 Å². The van der Waals surface area contributed by atoms with Crippen LogP contribution in [0.5, 0.6) is 0 Å². The Morgan fingerprint density at radius 1 is 1.33 bits per heavy atom. The van der Waals surface area contributed by atoms with Gasteiger partial charge in [0, 0.05) is 26.2 Å². The largest absolute Gasteiger partial charge is 0.377 e. The molecule has 0 bridgehead atoms. The molecule has 1 fully saturated rings. The van der Waals surface area contributed by atoms with E-state index in [4.69, 9.17) is 4.74 Å². The van der Waals surface area contributed by atoms with Gasteiger partial charge in [0.15, 0.2) is 0 Å². The van der Waals surface area contributed by atoms with Crippen molar-refractivity contribution >= 4 is 0 Å². The number of hydrogen-bond acceptors (Lipinski definition) is 3. The van der Waals surface area contributed by atoms with Crippen LogP contribution >= 0.6 is 0 Å². The second-order valence-corrected chi connectivity index (χ2v) is 3.19. The summed E-state index contributed by atoms with van der Waals surface area (Å²) in [4.78, 5) is 0. The smallest absolute Gasteiger partial charge is 0.0700 e. The number of ether oxygens (including phenoxy) is 1. The summed E-state index contributed by atoms with van der Waals surface area (Å²) in [5.41, 5.74) is 0. The van der Waals surface area contributed by atoms with Crippen LogP contribution in [0.2, 0.25) is 0 Å². The summed E-state index contributed by atoms with van der Waals surface area (Å²) in [7, 11) is 0. The van der Waals surface area contributed by atoms with Crippen LogP contribution in [0.15, 0.2) is 0 Å². The Balaban J connectivity index is 1.81. The third kappa shape index (κ3) is 4.04. The summed E-state index contributed by atoms with van der Waals surface area (Å²) in [5, 5.41) is 6.64. The Kier molecular flexibility index (Phi) is 5.32. The van der Waals surface area contributed by atoms with Gasteiger partial charge in [0.05, 0.1) is 6.10 Å². The molecular weight excluding hydrogens is 152 g/mol. The van der Waals surface area contributed by atoms with Gasteiger partial charge in [-0.05, 0) is 19.4 Å². The summed E-state index contributed by atoms with van der Waals surface area (Å²) >= 11 is 0. The monoisotopic (exact) mass is 172 g/mol. The molecule has 0 spiro atoms. The topological polar surface area (TPSA) is 33.3 Å². The van der Waals surface area contributed by atoms with Crippen molar-refractivity contribution in [1.82, 2.24) is 10.6 Å². The molecule has 1 unspecified atom stereocenters. The SMILES string of the molecule is CCNCCNCC1CCCO1. The summed E-state index contributed by atoms with van der Waals surface area (Å²) in [6.45, 7) is 7.27. The van der Waals surface area contributed by atoms with Gasteiger partial charge in [-0.2, -0.15) is 0 Å². The highest BCUT2D eigenvalue weighted by Gasteiger charge is 2.13. The van der Waals surface area contributed by atoms with E-state index in [2.05, 4.69) is 17.6 Å². The Morgan fingerprint density at radius 2 is 2.17 bits per heavy atom. The third-order valence-corrected chi connectivity index (χ3v) is 2.12. The first-order valence-electron chi connectivity index (χ1n) is 4.96. The molecule has 0 aromatic rings. The fourth-order valence-electron chi connectivity index (χ4n) is 1.42.